The van der Waals surface area contributed by atoms with Crippen molar-refractivity contribution in [2.75, 3.05) is 0 Å². The van der Waals surface area contributed by atoms with Crippen LogP contribution in [0.5, 0.6) is 0 Å². The van der Waals surface area contributed by atoms with E-state index in [9.17, 15) is 0 Å². The van der Waals surface area contributed by atoms with Crippen molar-refractivity contribution in [3.63, 3.8) is 0 Å². The van der Waals surface area contributed by atoms with Crippen LogP contribution in [0.25, 0.3) is 122 Å². The summed E-state index contributed by atoms with van der Waals surface area (Å²) < 4.78 is 12.7. The number of para-hydroxylation sites is 1. The Hall–Kier alpha value is -7.96. The molecule has 6 heteroatoms. The van der Waals surface area contributed by atoms with Gasteiger partial charge in [0.2, 0.25) is 5.89 Å². The summed E-state index contributed by atoms with van der Waals surface area (Å²) in [5.41, 5.74) is 9.03. The van der Waals surface area contributed by atoms with Crippen LogP contribution >= 0.6 is 0 Å². The first kappa shape index (κ1) is 32.3. The molecule has 0 saturated carbocycles. The Bertz CT molecular complexity index is 3590. The van der Waals surface area contributed by atoms with Gasteiger partial charge < -0.3 is 8.83 Å². The molecule has 0 spiro atoms. The van der Waals surface area contributed by atoms with Crippen LogP contribution in [0.2, 0.25) is 0 Å². The normalized spacial score (nSPS) is 11.8. The molecule has 0 radical (unpaired) electrons. The lowest BCUT2D eigenvalue weighted by Crippen LogP contribution is -2.00. The van der Waals surface area contributed by atoms with Crippen molar-refractivity contribution in [2.45, 2.75) is 0 Å². The Morgan fingerprint density at radius 1 is 0.328 bits per heavy atom. The molecule has 3 heterocycles. The average molecular weight is 743 g/mol. The Balaban J connectivity index is 1.06. The Morgan fingerprint density at radius 3 is 1.86 bits per heavy atom. The molecule has 0 bridgehead atoms. The molecule has 0 atom stereocenters. The van der Waals surface area contributed by atoms with Gasteiger partial charge in [0.1, 0.15) is 16.7 Å². The van der Waals surface area contributed by atoms with Crippen LogP contribution in [-0.4, -0.2) is 19.9 Å². The molecular weight excluding hydrogens is 713 g/mol. The van der Waals surface area contributed by atoms with E-state index in [0.29, 0.717) is 23.4 Å². The van der Waals surface area contributed by atoms with Gasteiger partial charge in [-0.05, 0) is 92.7 Å². The van der Waals surface area contributed by atoms with Gasteiger partial charge in [-0.3, -0.25) is 0 Å². The van der Waals surface area contributed by atoms with E-state index in [0.717, 1.165) is 98.7 Å². The van der Waals surface area contributed by atoms with Crippen LogP contribution in [0.4, 0.5) is 0 Å². The summed E-state index contributed by atoms with van der Waals surface area (Å²) in [5, 5.41) is 8.57. The summed E-state index contributed by atoms with van der Waals surface area (Å²) in [5.74, 6) is 2.39. The van der Waals surface area contributed by atoms with E-state index < -0.39 is 0 Å². The van der Waals surface area contributed by atoms with Gasteiger partial charge in [0.15, 0.2) is 23.1 Å². The number of furan rings is 1. The maximum atomic E-state index is 6.55. The number of hydrogen-bond donors (Lipinski definition) is 0. The van der Waals surface area contributed by atoms with Crippen LogP contribution in [0, 0.1) is 0 Å². The monoisotopic (exact) mass is 742 g/mol. The number of fused-ring (bicyclic) bond motifs is 8. The maximum absolute atomic E-state index is 6.55. The predicted octanol–water partition coefficient (Wildman–Crippen LogP) is 13.7. The van der Waals surface area contributed by atoms with E-state index in [4.69, 9.17) is 28.8 Å². The zero-order chi connectivity index (χ0) is 38.2. The zero-order valence-corrected chi connectivity index (χ0v) is 30.9. The van der Waals surface area contributed by atoms with E-state index in [1.807, 2.05) is 66.7 Å². The molecule has 0 unspecified atom stereocenters. The minimum absolute atomic E-state index is 0.587. The average Bonchev–Trinajstić information content (AvgIpc) is 3.90. The predicted molar refractivity (Wildman–Crippen MR) is 234 cm³/mol. The van der Waals surface area contributed by atoms with E-state index >= 15 is 0 Å². The lowest BCUT2D eigenvalue weighted by Gasteiger charge is -2.13. The zero-order valence-electron chi connectivity index (χ0n) is 30.9. The highest BCUT2D eigenvalue weighted by atomic mass is 16.3. The van der Waals surface area contributed by atoms with E-state index in [1.165, 1.54) is 0 Å². The van der Waals surface area contributed by atoms with Gasteiger partial charge in [0.05, 0.1) is 0 Å². The summed E-state index contributed by atoms with van der Waals surface area (Å²) in [6.07, 6.45) is 0. The molecule has 9 aromatic carbocycles. The SMILES string of the molecule is c1ccc(-c2nc3ccc4cccc(-c5ccc6cccc(-c7nc(-c8ccc9ccccc9c8)nc(-c8ccc9oc%10ccccc%10c9c8)n7)c6c5)c4c3o2)cc1. The quantitative estimate of drug-likeness (QED) is 0.175. The Morgan fingerprint density at radius 2 is 0.966 bits per heavy atom. The summed E-state index contributed by atoms with van der Waals surface area (Å²) in [6.45, 7) is 0. The Labute approximate surface area is 331 Å². The molecule has 270 valence electrons. The van der Waals surface area contributed by atoms with Gasteiger partial charge in [-0.1, -0.05) is 127 Å². The van der Waals surface area contributed by atoms with Crippen LogP contribution in [0.15, 0.2) is 191 Å². The molecular formula is C52H30N4O2. The molecule has 0 aliphatic heterocycles. The van der Waals surface area contributed by atoms with Gasteiger partial charge in [-0.25, -0.2) is 19.9 Å². The largest absolute Gasteiger partial charge is 0.456 e. The van der Waals surface area contributed by atoms with Crippen molar-refractivity contribution in [1.82, 2.24) is 19.9 Å². The van der Waals surface area contributed by atoms with Gasteiger partial charge in [0.25, 0.3) is 0 Å². The van der Waals surface area contributed by atoms with Gasteiger partial charge in [0, 0.05) is 38.4 Å². The van der Waals surface area contributed by atoms with Crippen molar-refractivity contribution in [1.29, 1.82) is 0 Å². The highest BCUT2D eigenvalue weighted by Crippen LogP contribution is 2.40. The molecule has 12 aromatic rings. The van der Waals surface area contributed by atoms with E-state index in [1.54, 1.807) is 0 Å². The number of hydrogen-bond acceptors (Lipinski definition) is 6. The first-order chi connectivity index (χ1) is 28.7. The fraction of sp³-hybridized carbons (Fsp3) is 0. The standard InChI is InChI=1S/C52H30N4O2/c1-2-11-34(12-3-1)52-53-44-26-24-33-15-9-17-39(47(33)48(44)58-52)36-22-21-32-14-8-18-41(42(32)29-36)51-55-49(37-23-20-31-10-4-5-13-35(31)28-37)54-50(56-51)38-25-27-46-43(30-38)40-16-6-7-19-45(40)57-46/h1-30H. The second kappa shape index (κ2) is 12.8. The summed E-state index contributed by atoms with van der Waals surface area (Å²) in [6, 6.07) is 62.5. The molecule has 6 nitrogen and oxygen atoms in total. The molecule has 0 amide bonds. The summed E-state index contributed by atoms with van der Waals surface area (Å²) in [7, 11) is 0. The lowest BCUT2D eigenvalue weighted by molar-refractivity contribution is 0.623. The Kier molecular flexibility index (Phi) is 7.13. The first-order valence-electron chi connectivity index (χ1n) is 19.3. The molecule has 0 N–H and O–H groups in total. The highest BCUT2D eigenvalue weighted by molar-refractivity contribution is 6.12. The van der Waals surface area contributed by atoms with Crippen molar-refractivity contribution in [3.05, 3.63) is 182 Å². The molecule has 58 heavy (non-hydrogen) atoms. The first-order valence-corrected chi connectivity index (χ1v) is 19.3. The topological polar surface area (TPSA) is 77.8 Å². The van der Waals surface area contributed by atoms with Crippen molar-refractivity contribution >= 4 is 65.4 Å². The fourth-order valence-corrected chi connectivity index (χ4v) is 8.28. The third-order valence-electron chi connectivity index (χ3n) is 11.1. The minimum Gasteiger partial charge on any atom is -0.456 e. The molecule has 0 aliphatic rings. The lowest BCUT2D eigenvalue weighted by atomic mass is 9.94. The summed E-state index contributed by atoms with van der Waals surface area (Å²) in [4.78, 5) is 20.5. The number of aromatic nitrogens is 4. The van der Waals surface area contributed by atoms with Crippen molar-refractivity contribution < 1.29 is 8.83 Å². The molecule has 0 fully saturated rings. The van der Waals surface area contributed by atoms with Crippen LogP contribution in [0.3, 0.4) is 0 Å². The smallest absolute Gasteiger partial charge is 0.227 e. The molecule has 0 aliphatic carbocycles. The van der Waals surface area contributed by atoms with Gasteiger partial charge >= 0.3 is 0 Å². The third-order valence-corrected chi connectivity index (χ3v) is 11.1. The number of nitrogens with zero attached hydrogens (tertiary/aromatic N) is 4. The van der Waals surface area contributed by atoms with Gasteiger partial charge in [-0.2, -0.15) is 0 Å². The highest BCUT2D eigenvalue weighted by Gasteiger charge is 2.19. The van der Waals surface area contributed by atoms with Crippen molar-refractivity contribution in [3.8, 4) is 56.7 Å². The number of rotatable bonds is 5. The van der Waals surface area contributed by atoms with E-state index in [2.05, 4.69) is 115 Å². The molecule has 0 saturated heterocycles. The minimum atomic E-state index is 0.587. The second-order valence-electron chi connectivity index (χ2n) is 14.6. The van der Waals surface area contributed by atoms with E-state index in [-0.39, 0.29) is 0 Å². The van der Waals surface area contributed by atoms with Crippen LogP contribution in [0.1, 0.15) is 0 Å². The van der Waals surface area contributed by atoms with Gasteiger partial charge in [-0.15, -0.1) is 0 Å². The molecule has 12 rings (SSSR count). The summed E-state index contributed by atoms with van der Waals surface area (Å²) >= 11 is 0. The third kappa shape index (κ3) is 5.27. The van der Waals surface area contributed by atoms with Crippen LogP contribution < -0.4 is 0 Å². The molecule has 3 aromatic heterocycles. The number of benzene rings is 9. The maximum Gasteiger partial charge on any atom is 0.227 e. The second-order valence-corrected chi connectivity index (χ2v) is 14.6. The van der Waals surface area contributed by atoms with Crippen LogP contribution in [-0.2, 0) is 0 Å². The van der Waals surface area contributed by atoms with Crippen molar-refractivity contribution in [2.24, 2.45) is 0 Å². The fourth-order valence-electron chi connectivity index (χ4n) is 8.28. The number of oxazole rings is 1.